The molecule has 0 bridgehead atoms. The molecule has 4 heteroatoms. The van der Waals surface area contributed by atoms with Gasteiger partial charge in [0.15, 0.2) is 5.69 Å². The fraction of sp³-hybridized carbons (Fsp3) is 0.375. The van der Waals surface area contributed by atoms with Crippen molar-refractivity contribution in [3.05, 3.63) is 23.8 Å². The fourth-order valence-corrected chi connectivity index (χ4v) is 0.807. The zero-order chi connectivity index (χ0) is 8.97. The van der Waals surface area contributed by atoms with E-state index in [0.29, 0.717) is 5.69 Å². The average Bonchev–Trinajstić information content (AvgIpc) is 2.17. The molecule has 1 aromatic heterocycles. The van der Waals surface area contributed by atoms with Crippen LogP contribution >= 0.6 is 0 Å². The maximum atomic E-state index is 11.0. The highest BCUT2D eigenvalue weighted by molar-refractivity contribution is 5.87. The first kappa shape index (κ1) is 8.64. The first-order valence-electron chi connectivity index (χ1n) is 3.67. The summed E-state index contributed by atoms with van der Waals surface area (Å²) in [6.07, 6.45) is 2.15. The summed E-state index contributed by atoms with van der Waals surface area (Å²) in [5.41, 5.74) is 1.15. The van der Waals surface area contributed by atoms with Crippen LogP contribution in [0.3, 0.4) is 0 Å². The molecule has 64 valence electrons. The number of hydrogen-bond acceptors (Lipinski definition) is 4. The predicted octanol–water partition coefficient (Wildman–Crippen LogP) is 0.826. The molecule has 4 nitrogen and oxygen atoms in total. The third-order valence-corrected chi connectivity index (χ3v) is 1.48. The molecular formula is C8H10N2O2. The average molecular weight is 166 g/mol. The summed E-state index contributed by atoms with van der Waals surface area (Å²) < 4.78 is 4.51. The fourth-order valence-electron chi connectivity index (χ4n) is 0.807. The Kier molecular flexibility index (Phi) is 2.74. The lowest BCUT2D eigenvalue weighted by Gasteiger charge is -1.98. The van der Waals surface area contributed by atoms with Crippen molar-refractivity contribution < 1.29 is 9.53 Å². The maximum absolute atomic E-state index is 11.0. The van der Waals surface area contributed by atoms with Gasteiger partial charge >= 0.3 is 5.97 Å². The summed E-state index contributed by atoms with van der Waals surface area (Å²) in [5.74, 6) is -0.424. The molecule has 0 aliphatic carbocycles. The van der Waals surface area contributed by atoms with E-state index < -0.39 is 5.97 Å². The summed E-state index contributed by atoms with van der Waals surface area (Å²) >= 11 is 0. The number of carbonyl (C=O) groups is 1. The molecule has 1 heterocycles. The van der Waals surface area contributed by atoms with Crippen LogP contribution in [0, 0.1) is 0 Å². The minimum Gasteiger partial charge on any atom is -0.464 e. The Labute approximate surface area is 70.6 Å². The van der Waals surface area contributed by atoms with Crippen LogP contribution in [-0.4, -0.2) is 23.0 Å². The van der Waals surface area contributed by atoms with Gasteiger partial charge in [0.05, 0.1) is 7.11 Å². The van der Waals surface area contributed by atoms with Gasteiger partial charge in [-0.25, -0.2) is 14.8 Å². The van der Waals surface area contributed by atoms with Gasteiger partial charge in [0, 0.05) is 5.69 Å². The van der Waals surface area contributed by atoms with Gasteiger partial charge in [-0.3, -0.25) is 0 Å². The summed E-state index contributed by atoms with van der Waals surface area (Å²) in [6, 6.07) is 1.63. The second kappa shape index (κ2) is 3.80. The summed E-state index contributed by atoms with van der Waals surface area (Å²) in [4.78, 5) is 18.7. The topological polar surface area (TPSA) is 52.1 Å². The number of methoxy groups -OCH3 is 1. The Morgan fingerprint density at radius 3 is 2.92 bits per heavy atom. The quantitative estimate of drug-likeness (QED) is 0.610. The van der Waals surface area contributed by atoms with E-state index in [-0.39, 0.29) is 0 Å². The van der Waals surface area contributed by atoms with Gasteiger partial charge in [-0.2, -0.15) is 0 Å². The lowest BCUT2D eigenvalue weighted by Crippen LogP contribution is -2.05. The summed E-state index contributed by atoms with van der Waals surface area (Å²) in [7, 11) is 1.33. The van der Waals surface area contributed by atoms with Gasteiger partial charge in [0.1, 0.15) is 6.33 Å². The van der Waals surface area contributed by atoms with Gasteiger partial charge in [0.25, 0.3) is 0 Å². The van der Waals surface area contributed by atoms with Crippen molar-refractivity contribution >= 4 is 5.97 Å². The van der Waals surface area contributed by atoms with Crippen molar-refractivity contribution in [1.29, 1.82) is 0 Å². The molecule has 0 unspecified atom stereocenters. The molecule has 0 atom stereocenters. The molecule has 0 saturated heterocycles. The van der Waals surface area contributed by atoms with Gasteiger partial charge in [-0.1, -0.05) is 6.92 Å². The minimum absolute atomic E-state index is 0.310. The number of aryl methyl sites for hydroxylation is 1. The number of hydrogen-bond donors (Lipinski definition) is 0. The van der Waals surface area contributed by atoms with Crippen LogP contribution in [0.15, 0.2) is 12.4 Å². The minimum atomic E-state index is -0.424. The third-order valence-electron chi connectivity index (χ3n) is 1.48. The first-order chi connectivity index (χ1) is 5.77. The lowest BCUT2D eigenvalue weighted by atomic mass is 10.3. The summed E-state index contributed by atoms with van der Waals surface area (Å²) in [5, 5.41) is 0. The molecule has 0 aromatic carbocycles. The van der Waals surface area contributed by atoms with Gasteiger partial charge in [0.2, 0.25) is 0 Å². The maximum Gasteiger partial charge on any atom is 0.356 e. The second-order valence-corrected chi connectivity index (χ2v) is 2.24. The molecule has 12 heavy (non-hydrogen) atoms. The zero-order valence-electron chi connectivity index (χ0n) is 7.07. The predicted molar refractivity (Wildman–Crippen MR) is 42.7 cm³/mol. The zero-order valence-corrected chi connectivity index (χ0v) is 7.07. The molecule has 0 radical (unpaired) electrons. The number of ether oxygens (including phenoxy) is 1. The van der Waals surface area contributed by atoms with E-state index >= 15 is 0 Å². The van der Waals surface area contributed by atoms with Crippen molar-refractivity contribution in [3.63, 3.8) is 0 Å². The third kappa shape index (κ3) is 1.78. The van der Waals surface area contributed by atoms with Crippen LogP contribution in [0.25, 0.3) is 0 Å². The van der Waals surface area contributed by atoms with E-state index in [0.717, 1.165) is 12.1 Å². The first-order valence-corrected chi connectivity index (χ1v) is 3.67. The Bertz CT molecular complexity index is 286. The van der Waals surface area contributed by atoms with Crippen LogP contribution in [0.4, 0.5) is 0 Å². The van der Waals surface area contributed by atoms with E-state index in [9.17, 15) is 4.79 Å². The van der Waals surface area contributed by atoms with E-state index in [1.165, 1.54) is 13.4 Å². The Morgan fingerprint density at radius 2 is 2.33 bits per heavy atom. The molecule has 0 aliphatic heterocycles. The van der Waals surface area contributed by atoms with E-state index in [1.54, 1.807) is 6.07 Å². The number of rotatable bonds is 2. The second-order valence-electron chi connectivity index (χ2n) is 2.24. The van der Waals surface area contributed by atoms with Crippen molar-refractivity contribution in [2.45, 2.75) is 13.3 Å². The molecule has 0 saturated carbocycles. The highest BCUT2D eigenvalue weighted by Gasteiger charge is 2.06. The molecule has 1 rings (SSSR count). The van der Waals surface area contributed by atoms with Gasteiger partial charge < -0.3 is 4.74 Å². The van der Waals surface area contributed by atoms with Crippen molar-refractivity contribution in [2.24, 2.45) is 0 Å². The van der Waals surface area contributed by atoms with Crippen LogP contribution in [0.1, 0.15) is 23.1 Å². The van der Waals surface area contributed by atoms with Crippen LogP contribution in [0.5, 0.6) is 0 Å². The highest BCUT2D eigenvalue weighted by Crippen LogP contribution is 1.99. The molecule has 0 aliphatic rings. The Balaban J connectivity index is 2.93. The molecule has 0 fully saturated rings. The Hall–Kier alpha value is -1.45. The van der Waals surface area contributed by atoms with Crippen molar-refractivity contribution in [1.82, 2.24) is 9.97 Å². The largest absolute Gasteiger partial charge is 0.464 e. The molecule has 0 spiro atoms. The van der Waals surface area contributed by atoms with E-state index in [2.05, 4.69) is 14.7 Å². The number of esters is 1. The van der Waals surface area contributed by atoms with E-state index in [4.69, 9.17) is 0 Å². The monoisotopic (exact) mass is 166 g/mol. The molecule has 0 amide bonds. The van der Waals surface area contributed by atoms with Crippen molar-refractivity contribution in [2.75, 3.05) is 7.11 Å². The molecular weight excluding hydrogens is 156 g/mol. The van der Waals surface area contributed by atoms with Crippen molar-refractivity contribution in [3.8, 4) is 0 Å². The summed E-state index contributed by atoms with van der Waals surface area (Å²) in [6.45, 7) is 1.96. The number of aromatic nitrogens is 2. The van der Waals surface area contributed by atoms with Crippen LogP contribution < -0.4 is 0 Å². The lowest BCUT2D eigenvalue weighted by molar-refractivity contribution is 0.0593. The normalized spacial score (nSPS) is 9.50. The standard InChI is InChI=1S/C8H10N2O2/c1-3-6-4-7(8(11)12-2)10-5-9-6/h4-5H,3H2,1-2H3. The van der Waals surface area contributed by atoms with Gasteiger partial charge in [-0.05, 0) is 12.5 Å². The van der Waals surface area contributed by atoms with Crippen LogP contribution in [0.2, 0.25) is 0 Å². The number of carbonyl (C=O) groups excluding carboxylic acids is 1. The Morgan fingerprint density at radius 1 is 1.58 bits per heavy atom. The smallest absolute Gasteiger partial charge is 0.356 e. The highest BCUT2D eigenvalue weighted by atomic mass is 16.5. The SMILES string of the molecule is CCc1cc(C(=O)OC)ncn1. The van der Waals surface area contributed by atoms with Gasteiger partial charge in [-0.15, -0.1) is 0 Å². The van der Waals surface area contributed by atoms with E-state index in [1.807, 2.05) is 6.92 Å². The number of nitrogens with zero attached hydrogens (tertiary/aromatic N) is 2. The molecule has 0 N–H and O–H groups in total. The van der Waals surface area contributed by atoms with Crippen LogP contribution in [-0.2, 0) is 11.2 Å². The molecule has 1 aromatic rings.